The predicted molar refractivity (Wildman–Crippen MR) is 84.6 cm³/mol. The van der Waals surface area contributed by atoms with Gasteiger partial charge in [-0.15, -0.1) is 11.3 Å². The van der Waals surface area contributed by atoms with E-state index in [1.165, 1.54) is 15.8 Å². The minimum Gasteiger partial charge on any atom is -0.497 e. The Labute approximate surface area is 121 Å². The molecule has 1 aromatic heterocycles. The standard InChI is InChI=1S/C16H12OS2/c1-17-13-8-6-11(7-9-13)15-10-12-4-2-3-5-14(12)16(18)19-15/h2-10H,1H3. The molecule has 0 bridgehead atoms. The van der Waals surface area contributed by atoms with Crippen LogP contribution < -0.4 is 4.74 Å². The summed E-state index contributed by atoms with van der Waals surface area (Å²) in [5, 5.41) is 2.34. The highest BCUT2D eigenvalue weighted by atomic mass is 32.1. The molecule has 0 N–H and O–H groups in total. The smallest absolute Gasteiger partial charge is 0.118 e. The molecule has 3 aromatic rings. The molecule has 0 saturated heterocycles. The number of hydrogen-bond acceptors (Lipinski definition) is 3. The molecule has 0 aliphatic heterocycles. The van der Waals surface area contributed by atoms with E-state index in [1.54, 1.807) is 18.4 Å². The summed E-state index contributed by atoms with van der Waals surface area (Å²) in [5.74, 6) is 0.869. The molecule has 3 heteroatoms. The first-order chi connectivity index (χ1) is 9.28. The Morgan fingerprint density at radius 2 is 1.74 bits per heavy atom. The third kappa shape index (κ3) is 2.39. The Morgan fingerprint density at radius 1 is 1.00 bits per heavy atom. The minimum absolute atomic E-state index is 0.869. The zero-order valence-corrected chi connectivity index (χ0v) is 12.1. The van der Waals surface area contributed by atoms with Gasteiger partial charge >= 0.3 is 0 Å². The zero-order valence-electron chi connectivity index (χ0n) is 10.4. The fourth-order valence-corrected chi connectivity index (χ4v) is 3.42. The molecular formula is C16H12OS2. The lowest BCUT2D eigenvalue weighted by Gasteiger charge is -2.05. The quantitative estimate of drug-likeness (QED) is 0.590. The fourth-order valence-electron chi connectivity index (χ4n) is 2.03. The Bertz CT molecular complexity index is 773. The van der Waals surface area contributed by atoms with Crippen molar-refractivity contribution in [2.24, 2.45) is 0 Å². The second-order valence-electron chi connectivity index (χ2n) is 4.21. The van der Waals surface area contributed by atoms with Crippen molar-refractivity contribution in [1.29, 1.82) is 0 Å². The molecule has 0 amide bonds. The summed E-state index contributed by atoms with van der Waals surface area (Å²) in [6, 6.07) is 18.5. The summed E-state index contributed by atoms with van der Waals surface area (Å²) in [5.41, 5.74) is 1.17. The molecule has 2 aromatic carbocycles. The number of methoxy groups -OCH3 is 1. The fraction of sp³-hybridized carbons (Fsp3) is 0.0625. The monoisotopic (exact) mass is 284 g/mol. The molecule has 94 valence electrons. The SMILES string of the molecule is COc1ccc(-c2cc3ccccc3c(=S)s2)cc1. The van der Waals surface area contributed by atoms with Gasteiger partial charge in [-0.1, -0.05) is 36.5 Å². The second kappa shape index (κ2) is 5.11. The van der Waals surface area contributed by atoms with Crippen LogP contribution in [0.4, 0.5) is 0 Å². The van der Waals surface area contributed by atoms with Crippen molar-refractivity contribution in [3.05, 3.63) is 58.4 Å². The van der Waals surface area contributed by atoms with Gasteiger partial charge in [0, 0.05) is 10.3 Å². The van der Waals surface area contributed by atoms with E-state index in [0.717, 1.165) is 15.0 Å². The lowest BCUT2D eigenvalue weighted by molar-refractivity contribution is 0.415. The maximum absolute atomic E-state index is 5.48. The molecule has 1 nitrogen and oxygen atoms in total. The number of ether oxygens (including phenoxy) is 1. The van der Waals surface area contributed by atoms with Crippen LogP contribution in [-0.2, 0) is 0 Å². The molecule has 19 heavy (non-hydrogen) atoms. The minimum atomic E-state index is 0.869. The van der Waals surface area contributed by atoms with Gasteiger partial charge in [-0.05, 0) is 41.3 Å². The summed E-state index contributed by atoms with van der Waals surface area (Å²) in [6.07, 6.45) is 0. The summed E-state index contributed by atoms with van der Waals surface area (Å²) in [7, 11) is 1.68. The first-order valence-corrected chi connectivity index (χ1v) is 7.18. The third-order valence-electron chi connectivity index (χ3n) is 3.04. The van der Waals surface area contributed by atoms with Crippen molar-refractivity contribution >= 4 is 34.3 Å². The first kappa shape index (κ1) is 12.3. The van der Waals surface area contributed by atoms with E-state index >= 15 is 0 Å². The van der Waals surface area contributed by atoms with Gasteiger partial charge < -0.3 is 4.74 Å². The zero-order chi connectivity index (χ0) is 13.2. The van der Waals surface area contributed by atoms with Crippen molar-refractivity contribution in [3.8, 4) is 16.2 Å². The van der Waals surface area contributed by atoms with Crippen molar-refractivity contribution < 1.29 is 4.74 Å². The Morgan fingerprint density at radius 3 is 2.47 bits per heavy atom. The Hall–Kier alpha value is -1.71. The molecule has 0 fully saturated rings. The number of fused-ring (bicyclic) bond motifs is 1. The van der Waals surface area contributed by atoms with Crippen molar-refractivity contribution in [1.82, 2.24) is 0 Å². The van der Waals surface area contributed by atoms with Crippen LogP contribution >= 0.6 is 23.6 Å². The van der Waals surface area contributed by atoms with E-state index in [0.29, 0.717) is 0 Å². The van der Waals surface area contributed by atoms with Gasteiger partial charge in [0.15, 0.2) is 0 Å². The van der Waals surface area contributed by atoms with Crippen molar-refractivity contribution in [2.75, 3.05) is 7.11 Å². The molecule has 0 aliphatic rings. The van der Waals surface area contributed by atoms with Gasteiger partial charge in [0.25, 0.3) is 0 Å². The average Bonchev–Trinajstić information content (AvgIpc) is 2.47. The highest BCUT2D eigenvalue weighted by Gasteiger charge is 2.03. The molecule has 0 atom stereocenters. The van der Waals surface area contributed by atoms with Gasteiger partial charge in [0.1, 0.15) is 5.75 Å². The van der Waals surface area contributed by atoms with E-state index in [9.17, 15) is 0 Å². The van der Waals surface area contributed by atoms with Crippen LogP contribution in [0.2, 0.25) is 0 Å². The maximum atomic E-state index is 5.48. The highest BCUT2D eigenvalue weighted by molar-refractivity contribution is 7.74. The van der Waals surface area contributed by atoms with Gasteiger partial charge in [-0.25, -0.2) is 0 Å². The third-order valence-corrected chi connectivity index (χ3v) is 4.49. The van der Waals surface area contributed by atoms with Crippen LogP contribution in [0.5, 0.6) is 5.75 Å². The van der Waals surface area contributed by atoms with Crippen LogP contribution in [0.1, 0.15) is 0 Å². The number of rotatable bonds is 2. The largest absolute Gasteiger partial charge is 0.497 e. The summed E-state index contributed by atoms with van der Waals surface area (Å²) in [6.45, 7) is 0. The van der Waals surface area contributed by atoms with Gasteiger partial charge in [-0.3, -0.25) is 0 Å². The molecule has 1 heterocycles. The molecular weight excluding hydrogens is 272 g/mol. The van der Waals surface area contributed by atoms with E-state index in [-0.39, 0.29) is 0 Å². The summed E-state index contributed by atoms with van der Waals surface area (Å²) < 4.78 is 6.12. The van der Waals surface area contributed by atoms with Crippen LogP contribution in [0, 0.1) is 3.82 Å². The van der Waals surface area contributed by atoms with Gasteiger partial charge in [0.2, 0.25) is 0 Å². The molecule has 0 spiro atoms. The van der Waals surface area contributed by atoms with Gasteiger partial charge in [0.05, 0.1) is 10.9 Å². The number of hydrogen-bond donors (Lipinski definition) is 0. The summed E-state index contributed by atoms with van der Waals surface area (Å²) >= 11 is 7.13. The highest BCUT2D eigenvalue weighted by Crippen LogP contribution is 2.31. The Balaban J connectivity index is 2.16. The molecule has 0 radical (unpaired) electrons. The van der Waals surface area contributed by atoms with Crippen molar-refractivity contribution in [2.45, 2.75) is 0 Å². The number of benzene rings is 2. The molecule has 3 rings (SSSR count). The Kier molecular flexibility index (Phi) is 3.32. The lowest BCUT2D eigenvalue weighted by Crippen LogP contribution is -1.82. The molecule has 0 saturated carbocycles. The first-order valence-electron chi connectivity index (χ1n) is 5.95. The second-order valence-corrected chi connectivity index (χ2v) is 5.93. The molecule has 0 aliphatic carbocycles. The van der Waals surface area contributed by atoms with Crippen LogP contribution in [-0.4, -0.2) is 7.11 Å². The van der Waals surface area contributed by atoms with E-state index in [4.69, 9.17) is 17.0 Å². The van der Waals surface area contributed by atoms with Crippen LogP contribution in [0.15, 0.2) is 54.6 Å². The summed E-state index contributed by atoms with van der Waals surface area (Å²) in [4.78, 5) is 1.19. The predicted octanol–water partition coefficient (Wildman–Crippen LogP) is 5.31. The lowest BCUT2D eigenvalue weighted by atomic mass is 10.1. The van der Waals surface area contributed by atoms with E-state index < -0.39 is 0 Å². The normalized spacial score (nSPS) is 10.6. The topological polar surface area (TPSA) is 9.23 Å². The molecule has 0 unspecified atom stereocenters. The van der Waals surface area contributed by atoms with Crippen molar-refractivity contribution in [3.63, 3.8) is 0 Å². The average molecular weight is 284 g/mol. The van der Waals surface area contributed by atoms with E-state index in [2.05, 4.69) is 30.3 Å². The van der Waals surface area contributed by atoms with Gasteiger partial charge in [-0.2, -0.15) is 0 Å². The van der Waals surface area contributed by atoms with E-state index in [1.807, 2.05) is 24.3 Å². The van der Waals surface area contributed by atoms with Crippen LogP contribution in [0.3, 0.4) is 0 Å². The maximum Gasteiger partial charge on any atom is 0.118 e. The van der Waals surface area contributed by atoms with Crippen LogP contribution in [0.25, 0.3) is 21.2 Å².